The Morgan fingerprint density at radius 3 is 2.67 bits per heavy atom. The SMILES string of the molecule is O=c1cc(-c2ccccc2)c2cc(Cl)c(O)c(CNc3cccnc3)c2o1. The molecule has 0 aliphatic rings. The number of nitrogens with one attached hydrogen (secondary N) is 1. The molecular formula is C21H15ClN2O3. The van der Waals surface area contributed by atoms with E-state index in [1.165, 1.54) is 6.07 Å². The monoisotopic (exact) mass is 378 g/mol. The fraction of sp³-hybridized carbons (Fsp3) is 0.0476. The van der Waals surface area contributed by atoms with Gasteiger partial charge in [-0.15, -0.1) is 0 Å². The Labute approximate surface area is 159 Å². The van der Waals surface area contributed by atoms with Crippen LogP contribution in [0.4, 0.5) is 5.69 Å². The number of aromatic nitrogens is 1. The number of anilines is 1. The van der Waals surface area contributed by atoms with Crippen molar-refractivity contribution in [3.63, 3.8) is 0 Å². The van der Waals surface area contributed by atoms with Crippen molar-refractivity contribution in [2.24, 2.45) is 0 Å². The lowest BCUT2D eigenvalue weighted by molar-refractivity contribution is 0.466. The van der Waals surface area contributed by atoms with Gasteiger partial charge in [0, 0.05) is 30.4 Å². The van der Waals surface area contributed by atoms with E-state index < -0.39 is 5.63 Å². The summed E-state index contributed by atoms with van der Waals surface area (Å²) >= 11 is 6.26. The van der Waals surface area contributed by atoms with Gasteiger partial charge in [0.15, 0.2) is 0 Å². The molecule has 27 heavy (non-hydrogen) atoms. The normalized spacial score (nSPS) is 10.9. The van der Waals surface area contributed by atoms with Gasteiger partial charge in [0.2, 0.25) is 0 Å². The Bertz CT molecular complexity index is 1160. The molecule has 0 aliphatic carbocycles. The molecule has 4 rings (SSSR count). The number of halogens is 1. The van der Waals surface area contributed by atoms with Crippen molar-refractivity contribution < 1.29 is 9.52 Å². The van der Waals surface area contributed by atoms with Crippen molar-refractivity contribution in [3.8, 4) is 16.9 Å². The molecule has 0 radical (unpaired) electrons. The van der Waals surface area contributed by atoms with Crippen molar-refractivity contribution in [1.29, 1.82) is 0 Å². The molecule has 0 amide bonds. The van der Waals surface area contributed by atoms with Gasteiger partial charge in [-0.25, -0.2) is 4.79 Å². The smallest absolute Gasteiger partial charge is 0.336 e. The van der Waals surface area contributed by atoms with Crippen LogP contribution in [0, 0.1) is 0 Å². The lowest BCUT2D eigenvalue weighted by Gasteiger charge is -2.13. The third kappa shape index (κ3) is 3.37. The maximum Gasteiger partial charge on any atom is 0.336 e. The highest BCUT2D eigenvalue weighted by atomic mass is 35.5. The second-order valence-electron chi connectivity index (χ2n) is 6.00. The van der Waals surface area contributed by atoms with E-state index in [1.54, 1.807) is 24.5 Å². The molecule has 0 unspecified atom stereocenters. The molecular weight excluding hydrogens is 364 g/mol. The molecule has 2 aromatic heterocycles. The standard InChI is InChI=1S/C21H15ClN2O3/c22-18-9-16-15(13-5-2-1-3-6-13)10-19(25)27-21(16)17(20(18)26)12-24-14-7-4-8-23-11-14/h1-11,24,26H,12H2. The molecule has 5 nitrogen and oxygen atoms in total. The first-order chi connectivity index (χ1) is 13.1. The molecule has 0 aliphatic heterocycles. The predicted octanol–water partition coefficient (Wildman–Crippen LogP) is 4.83. The molecule has 0 saturated carbocycles. The zero-order chi connectivity index (χ0) is 18.8. The fourth-order valence-corrected chi connectivity index (χ4v) is 3.22. The zero-order valence-electron chi connectivity index (χ0n) is 14.1. The Kier molecular flexibility index (Phi) is 4.52. The van der Waals surface area contributed by atoms with E-state index in [0.717, 1.165) is 11.3 Å². The summed E-state index contributed by atoms with van der Waals surface area (Å²) in [6.45, 7) is 0.218. The van der Waals surface area contributed by atoms with E-state index >= 15 is 0 Å². The van der Waals surface area contributed by atoms with Gasteiger partial charge in [0.05, 0.1) is 16.3 Å². The number of rotatable bonds is 4. The molecule has 6 heteroatoms. The summed E-state index contributed by atoms with van der Waals surface area (Å²) in [5.74, 6) is -0.117. The van der Waals surface area contributed by atoms with Crippen molar-refractivity contribution >= 4 is 28.3 Å². The summed E-state index contributed by atoms with van der Waals surface area (Å²) in [6, 6.07) is 16.2. The molecule has 0 spiro atoms. The molecule has 134 valence electrons. The highest BCUT2D eigenvalue weighted by molar-refractivity contribution is 6.33. The van der Waals surface area contributed by atoms with Crippen LogP contribution in [0.15, 0.2) is 76.2 Å². The Morgan fingerprint density at radius 2 is 1.93 bits per heavy atom. The van der Waals surface area contributed by atoms with Crippen molar-refractivity contribution in [3.05, 3.63) is 88.0 Å². The summed E-state index contributed by atoms with van der Waals surface area (Å²) in [5.41, 5.74) is 2.56. The van der Waals surface area contributed by atoms with Crippen LogP contribution >= 0.6 is 11.6 Å². The molecule has 0 bridgehead atoms. The first kappa shape index (κ1) is 17.1. The summed E-state index contributed by atoms with van der Waals surface area (Å²) in [6.07, 6.45) is 3.33. The van der Waals surface area contributed by atoms with Crippen LogP contribution in [-0.4, -0.2) is 10.1 Å². The topological polar surface area (TPSA) is 75.4 Å². The summed E-state index contributed by atoms with van der Waals surface area (Å²) in [7, 11) is 0. The minimum Gasteiger partial charge on any atom is -0.506 e. The number of pyridine rings is 1. The number of hydrogen-bond acceptors (Lipinski definition) is 5. The van der Waals surface area contributed by atoms with Gasteiger partial charge in [0.25, 0.3) is 0 Å². The van der Waals surface area contributed by atoms with Crippen LogP contribution < -0.4 is 10.9 Å². The number of hydrogen-bond donors (Lipinski definition) is 2. The van der Waals surface area contributed by atoms with Gasteiger partial charge in [-0.1, -0.05) is 41.9 Å². The maximum atomic E-state index is 12.2. The molecule has 0 fully saturated rings. The van der Waals surface area contributed by atoms with Gasteiger partial charge < -0.3 is 14.8 Å². The summed E-state index contributed by atoms with van der Waals surface area (Å²) < 4.78 is 5.45. The molecule has 0 saturated heterocycles. The van der Waals surface area contributed by atoms with E-state index in [1.807, 2.05) is 36.4 Å². The molecule has 4 aromatic rings. The van der Waals surface area contributed by atoms with Crippen LogP contribution in [0.25, 0.3) is 22.1 Å². The Hall–Kier alpha value is -3.31. The van der Waals surface area contributed by atoms with Crippen LogP contribution in [0.1, 0.15) is 5.56 Å². The van der Waals surface area contributed by atoms with Gasteiger partial charge in [-0.2, -0.15) is 0 Å². The van der Waals surface area contributed by atoms with Crippen LogP contribution in [0.2, 0.25) is 5.02 Å². The zero-order valence-corrected chi connectivity index (χ0v) is 14.9. The van der Waals surface area contributed by atoms with Crippen LogP contribution in [-0.2, 0) is 6.54 Å². The van der Waals surface area contributed by atoms with Crippen molar-refractivity contribution in [2.45, 2.75) is 6.54 Å². The summed E-state index contributed by atoms with van der Waals surface area (Å²) in [4.78, 5) is 16.2. The molecule has 2 aromatic carbocycles. The van der Waals surface area contributed by atoms with Crippen LogP contribution in [0.3, 0.4) is 0 Å². The number of aromatic hydroxyl groups is 1. The summed E-state index contributed by atoms with van der Waals surface area (Å²) in [5, 5.41) is 14.5. The first-order valence-corrected chi connectivity index (χ1v) is 8.69. The van der Waals surface area contributed by atoms with E-state index in [4.69, 9.17) is 16.0 Å². The number of phenols is 1. The van der Waals surface area contributed by atoms with Gasteiger partial charge in [-0.3, -0.25) is 4.98 Å². The third-order valence-corrected chi connectivity index (χ3v) is 4.56. The average Bonchev–Trinajstić information content (AvgIpc) is 2.70. The van der Waals surface area contributed by atoms with Crippen molar-refractivity contribution in [1.82, 2.24) is 4.98 Å². The van der Waals surface area contributed by atoms with Gasteiger partial charge in [-0.05, 0) is 29.3 Å². The van der Waals surface area contributed by atoms with Gasteiger partial charge >= 0.3 is 5.63 Å². The molecule has 0 atom stereocenters. The van der Waals surface area contributed by atoms with Crippen LogP contribution in [0.5, 0.6) is 5.75 Å². The molecule has 2 N–H and O–H groups in total. The maximum absolute atomic E-state index is 12.2. The van der Waals surface area contributed by atoms with E-state index in [-0.39, 0.29) is 17.3 Å². The van der Waals surface area contributed by atoms with Gasteiger partial charge in [0.1, 0.15) is 11.3 Å². The first-order valence-electron chi connectivity index (χ1n) is 8.31. The van der Waals surface area contributed by atoms with E-state index in [2.05, 4.69) is 10.3 Å². The lowest BCUT2D eigenvalue weighted by atomic mass is 9.99. The molecule has 2 heterocycles. The fourth-order valence-electron chi connectivity index (χ4n) is 3.00. The Morgan fingerprint density at radius 1 is 1.11 bits per heavy atom. The second-order valence-corrected chi connectivity index (χ2v) is 6.41. The largest absolute Gasteiger partial charge is 0.506 e. The minimum absolute atomic E-state index is 0.117. The predicted molar refractivity (Wildman–Crippen MR) is 106 cm³/mol. The Balaban J connectivity index is 1.89. The third-order valence-electron chi connectivity index (χ3n) is 4.27. The highest BCUT2D eigenvalue weighted by Crippen LogP contribution is 2.38. The lowest BCUT2D eigenvalue weighted by Crippen LogP contribution is -2.05. The number of fused-ring (bicyclic) bond motifs is 1. The quantitative estimate of drug-likeness (QED) is 0.497. The van der Waals surface area contributed by atoms with Crippen molar-refractivity contribution in [2.75, 3.05) is 5.32 Å². The number of nitrogens with zero attached hydrogens (tertiary/aromatic N) is 1. The van der Waals surface area contributed by atoms with E-state index in [0.29, 0.717) is 22.1 Å². The minimum atomic E-state index is -0.495. The van der Waals surface area contributed by atoms with E-state index in [9.17, 15) is 9.90 Å². The average molecular weight is 379 g/mol. The second kappa shape index (κ2) is 7.13. The number of benzene rings is 2. The highest BCUT2D eigenvalue weighted by Gasteiger charge is 2.18. The number of phenolic OH excluding ortho intramolecular Hbond substituents is 1.